The van der Waals surface area contributed by atoms with Crippen LogP contribution in [0.1, 0.15) is 24.0 Å². The lowest BCUT2D eigenvalue weighted by atomic mass is 10.0. The lowest BCUT2D eigenvalue weighted by Crippen LogP contribution is -2.28. The highest BCUT2D eigenvalue weighted by atomic mass is 16.1. The molecule has 0 saturated heterocycles. The summed E-state index contributed by atoms with van der Waals surface area (Å²) in [6.45, 7) is 2.75. The summed E-state index contributed by atoms with van der Waals surface area (Å²) in [5.74, 6) is 0.313. The smallest absolute Gasteiger partial charge is 0.224 e. The molecule has 122 valence electrons. The first-order valence-corrected chi connectivity index (χ1v) is 8.13. The van der Waals surface area contributed by atoms with Gasteiger partial charge in [0.25, 0.3) is 0 Å². The van der Waals surface area contributed by atoms with E-state index in [9.17, 15) is 4.79 Å². The predicted octanol–water partition coefficient (Wildman–Crippen LogP) is 3.33. The number of para-hydroxylation sites is 1. The third-order valence-electron chi connectivity index (χ3n) is 4.00. The van der Waals surface area contributed by atoms with Gasteiger partial charge >= 0.3 is 0 Å². The summed E-state index contributed by atoms with van der Waals surface area (Å²) in [4.78, 5) is 12.1. The molecule has 0 aliphatic heterocycles. The van der Waals surface area contributed by atoms with Crippen LogP contribution in [0, 0.1) is 0 Å². The molecule has 1 heterocycles. The maximum absolute atomic E-state index is 12.1. The summed E-state index contributed by atoms with van der Waals surface area (Å²) in [5.41, 5.74) is 3.13. The summed E-state index contributed by atoms with van der Waals surface area (Å²) < 4.78 is 1.79. The minimum absolute atomic E-state index is 0.0189. The molecule has 0 spiro atoms. The number of carbonyl (C=O) groups is 1. The summed E-state index contributed by atoms with van der Waals surface area (Å²) in [6.07, 6.45) is 3.98. The van der Waals surface area contributed by atoms with Gasteiger partial charge in [-0.3, -0.25) is 4.79 Å². The van der Waals surface area contributed by atoms with Crippen LogP contribution in [0.25, 0.3) is 5.69 Å². The summed E-state index contributed by atoms with van der Waals surface area (Å²) in [5, 5.41) is 7.32. The first-order chi connectivity index (χ1) is 11.7. The van der Waals surface area contributed by atoms with Crippen molar-refractivity contribution in [2.24, 2.45) is 0 Å². The molecule has 0 unspecified atom stereocenters. The maximum Gasteiger partial charge on any atom is 0.224 e. The van der Waals surface area contributed by atoms with Crippen LogP contribution >= 0.6 is 0 Å². The maximum atomic E-state index is 12.1. The van der Waals surface area contributed by atoms with Crippen LogP contribution in [0.15, 0.2) is 73.1 Å². The van der Waals surface area contributed by atoms with Gasteiger partial charge in [0.1, 0.15) is 0 Å². The highest BCUT2D eigenvalue weighted by Gasteiger charge is 2.09. The molecule has 3 rings (SSSR count). The van der Waals surface area contributed by atoms with Crippen molar-refractivity contribution in [3.8, 4) is 5.69 Å². The third kappa shape index (κ3) is 4.10. The van der Waals surface area contributed by atoms with Gasteiger partial charge in [-0.25, -0.2) is 4.68 Å². The standard InChI is InChI=1S/C20H21N3O/c1-16(18-8-4-2-5-9-18)13-21-20(24)12-17-14-22-23(15-17)19-10-6-3-7-11-19/h2-11,14-16H,12-13H2,1H3,(H,21,24)/t16-/m0/s1. The van der Waals surface area contributed by atoms with Crippen LogP contribution in [0.4, 0.5) is 0 Å². The number of amides is 1. The molecule has 0 saturated carbocycles. The van der Waals surface area contributed by atoms with E-state index in [0.29, 0.717) is 18.9 Å². The zero-order chi connectivity index (χ0) is 16.8. The molecule has 1 aromatic heterocycles. The number of nitrogens with one attached hydrogen (secondary N) is 1. The summed E-state index contributed by atoms with van der Waals surface area (Å²) in [6, 6.07) is 20.1. The van der Waals surface area contributed by atoms with E-state index in [1.165, 1.54) is 5.56 Å². The Kier molecular flexibility index (Phi) is 5.06. The first-order valence-electron chi connectivity index (χ1n) is 8.13. The SMILES string of the molecule is C[C@@H](CNC(=O)Cc1cnn(-c2ccccc2)c1)c1ccccc1. The van der Waals surface area contributed by atoms with Crippen molar-refractivity contribution in [2.75, 3.05) is 6.54 Å². The molecular weight excluding hydrogens is 298 g/mol. The zero-order valence-corrected chi connectivity index (χ0v) is 13.7. The van der Waals surface area contributed by atoms with Crippen molar-refractivity contribution in [2.45, 2.75) is 19.3 Å². The molecule has 0 aliphatic carbocycles. The molecule has 1 atom stereocenters. The number of nitrogens with zero attached hydrogens (tertiary/aromatic N) is 2. The minimum atomic E-state index is 0.0189. The van der Waals surface area contributed by atoms with Crippen LogP contribution in [0.5, 0.6) is 0 Å². The molecular formula is C20H21N3O. The Bertz CT molecular complexity index is 781. The molecule has 24 heavy (non-hydrogen) atoms. The average molecular weight is 319 g/mol. The number of aromatic nitrogens is 2. The van der Waals surface area contributed by atoms with Gasteiger partial charge in [-0.15, -0.1) is 0 Å². The number of hydrogen-bond donors (Lipinski definition) is 1. The number of carbonyl (C=O) groups excluding carboxylic acids is 1. The van der Waals surface area contributed by atoms with Gasteiger partial charge in [-0.05, 0) is 29.2 Å². The van der Waals surface area contributed by atoms with Crippen molar-refractivity contribution >= 4 is 5.91 Å². The molecule has 0 radical (unpaired) electrons. The van der Waals surface area contributed by atoms with E-state index in [2.05, 4.69) is 29.5 Å². The fourth-order valence-electron chi connectivity index (χ4n) is 2.59. The van der Waals surface area contributed by atoms with Crippen LogP contribution < -0.4 is 5.32 Å². The van der Waals surface area contributed by atoms with Crippen molar-refractivity contribution in [3.63, 3.8) is 0 Å². The lowest BCUT2D eigenvalue weighted by molar-refractivity contribution is -0.120. The van der Waals surface area contributed by atoms with Gasteiger partial charge in [0.05, 0.1) is 18.3 Å². The van der Waals surface area contributed by atoms with E-state index in [1.54, 1.807) is 10.9 Å². The monoisotopic (exact) mass is 319 g/mol. The quantitative estimate of drug-likeness (QED) is 0.757. The first kappa shape index (κ1) is 16.0. The van der Waals surface area contributed by atoms with Gasteiger partial charge in [0.15, 0.2) is 0 Å². The van der Waals surface area contributed by atoms with E-state index in [1.807, 2.05) is 54.7 Å². The van der Waals surface area contributed by atoms with Crippen molar-refractivity contribution in [1.29, 1.82) is 0 Å². The molecule has 3 aromatic rings. The van der Waals surface area contributed by atoms with E-state index < -0.39 is 0 Å². The molecule has 4 heteroatoms. The van der Waals surface area contributed by atoms with Crippen molar-refractivity contribution < 1.29 is 4.79 Å². The van der Waals surface area contributed by atoms with Crippen molar-refractivity contribution in [3.05, 3.63) is 84.2 Å². The van der Waals surface area contributed by atoms with Gasteiger partial charge in [0.2, 0.25) is 5.91 Å². The Labute approximate surface area is 142 Å². The van der Waals surface area contributed by atoms with Gasteiger partial charge in [-0.1, -0.05) is 55.5 Å². The molecule has 4 nitrogen and oxygen atoms in total. The molecule has 0 fully saturated rings. The van der Waals surface area contributed by atoms with Crippen LogP contribution in [-0.4, -0.2) is 22.2 Å². The number of rotatable bonds is 6. The van der Waals surface area contributed by atoms with Crippen LogP contribution in [0.3, 0.4) is 0 Å². The fourth-order valence-corrected chi connectivity index (χ4v) is 2.59. The highest BCUT2D eigenvalue weighted by molar-refractivity contribution is 5.78. The van der Waals surface area contributed by atoms with Crippen LogP contribution in [0.2, 0.25) is 0 Å². The Balaban J connectivity index is 1.53. The second-order valence-electron chi connectivity index (χ2n) is 5.92. The normalized spacial score (nSPS) is 11.9. The second kappa shape index (κ2) is 7.59. The van der Waals surface area contributed by atoms with E-state index in [4.69, 9.17) is 0 Å². The predicted molar refractivity (Wildman–Crippen MR) is 95.1 cm³/mol. The molecule has 0 aliphatic rings. The fraction of sp³-hybridized carbons (Fsp3) is 0.200. The zero-order valence-electron chi connectivity index (χ0n) is 13.7. The summed E-state index contributed by atoms with van der Waals surface area (Å²) in [7, 11) is 0. The second-order valence-corrected chi connectivity index (χ2v) is 5.92. The topological polar surface area (TPSA) is 46.9 Å². The molecule has 2 aromatic carbocycles. The number of hydrogen-bond acceptors (Lipinski definition) is 2. The third-order valence-corrected chi connectivity index (χ3v) is 4.00. The number of benzene rings is 2. The minimum Gasteiger partial charge on any atom is -0.355 e. The summed E-state index contributed by atoms with van der Waals surface area (Å²) >= 11 is 0. The largest absolute Gasteiger partial charge is 0.355 e. The molecule has 1 N–H and O–H groups in total. The molecule has 0 bridgehead atoms. The Morgan fingerprint density at radius 1 is 1.08 bits per heavy atom. The lowest BCUT2D eigenvalue weighted by Gasteiger charge is -2.12. The van der Waals surface area contributed by atoms with E-state index in [0.717, 1.165) is 11.3 Å². The van der Waals surface area contributed by atoms with Gasteiger partial charge < -0.3 is 5.32 Å². The Morgan fingerprint density at radius 2 is 1.75 bits per heavy atom. The highest BCUT2D eigenvalue weighted by Crippen LogP contribution is 2.13. The van der Waals surface area contributed by atoms with Crippen molar-refractivity contribution in [1.82, 2.24) is 15.1 Å². The van der Waals surface area contributed by atoms with E-state index >= 15 is 0 Å². The Morgan fingerprint density at radius 3 is 2.46 bits per heavy atom. The van der Waals surface area contributed by atoms with Crippen LogP contribution in [-0.2, 0) is 11.2 Å². The van der Waals surface area contributed by atoms with Gasteiger partial charge in [0, 0.05) is 12.7 Å². The molecule has 1 amide bonds. The van der Waals surface area contributed by atoms with Gasteiger partial charge in [-0.2, -0.15) is 5.10 Å². The average Bonchev–Trinajstić information content (AvgIpc) is 3.09. The van der Waals surface area contributed by atoms with E-state index in [-0.39, 0.29) is 5.91 Å². The Hall–Kier alpha value is -2.88.